The molecule has 1 rings (SSSR count). The van der Waals surface area contributed by atoms with Crippen LogP contribution in [-0.4, -0.2) is 28.5 Å². The molecule has 0 saturated heterocycles. The molecule has 0 aliphatic carbocycles. The maximum Gasteiger partial charge on any atom is 0.303 e. The first-order chi connectivity index (χ1) is 9.41. The number of hydrogen-bond acceptors (Lipinski definition) is 3. The lowest BCUT2D eigenvalue weighted by atomic mass is 10.0. The fraction of sp³-hybridized carbons (Fsp3) is 0.462. The van der Waals surface area contributed by atoms with E-state index < -0.39 is 29.2 Å². The van der Waals surface area contributed by atoms with Crippen molar-refractivity contribution in [1.82, 2.24) is 10.3 Å². The summed E-state index contributed by atoms with van der Waals surface area (Å²) in [5.74, 6) is -4.05. The number of nitrogens with zero attached hydrogens (tertiary/aromatic N) is 1. The molecule has 0 fully saturated rings. The topological polar surface area (TPSA) is 79.3 Å². The first-order valence-electron chi connectivity index (χ1n) is 6.21. The van der Waals surface area contributed by atoms with Gasteiger partial charge in [0.1, 0.15) is 0 Å². The lowest BCUT2D eigenvalue weighted by molar-refractivity contribution is -0.137. The summed E-state index contributed by atoms with van der Waals surface area (Å²) in [5, 5.41) is 11.0. The zero-order valence-corrected chi connectivity index (χ0v) is 11.0. The summed E-state index contributed by atoms with van der Waals surface area (Å²) >= 11 is 0. The number of nitrogens with one attached hydrogen (secondary N) is 1. The van der Waals surface area contributed by atoms with Gasteiger partial charge in [-0.25, -0.2) is 9.37 Å². The van der Waals surface area contributed by atoms with Gasteiger partial charge in [0.05, 0.1) is 5.56 Å². The van der Waals surface area contributed by atoms with Crippen LogP contribution in [0.25, 0.3) is 0 Å². The molecule has 1 aromatic rings. The van der Waals surface area contributed by atoms with Gasteiger partial charge in [0.15, 0.2) is 5.82 Å². The lowest BCUT2D eigenvalue weighted by Crippen LogP contribution is -2.27. The smallest absolute Gasteiger partial charge is 0.303 e. The number of amides is 1. The fourth-order valence-corrected chi connectivity index (χ4v) is 1.64. The number of carbonyl (C=O) groups excluding carboxylic acids is 1. The molecular formula is C13H16F2N2O3. The van der Waals surface area contributed by atoms with Crippen molar-refractivity contribution in [2.75, 3.05) is 6.54 Å². The Balaban J connectivity index is 2.40. The predicted molar refractivity (Wildman–Crippen MR) is 67.1 cm³/mol. The molecule has 1 aromatic heterocycles. The lowest BCUT2D eigenvalue weighted by Gasteiger charge is -2.11. The largest absolute Gasteiger partial charge is 0.481 e. The van der Waals surface area contributed by atoms with Gasteiger partial charge >= 0.3 is 5.97 Å². The second-order valence-electron chi connectivity index (χ2n) is 4.55. The molecule has 1 amide bonds. The minimum Gasteiger partial charge on any atom is -0.481 e. The quantitative estimate of drug-likeness (QED) is 0.751. The van der Waals surface area contributed by atoms with Crippen LogP contribution in [0.1, 0.15) is 36.5 Å². The van der Waals surface area contributed by atoms with Crippen molar-refractivity contribution < 1.29 is 23.5 Å². The van der Waals surface area contributed by atoms with Crippen LogP contribution in [0, 0.1) is 17.7 Å². The molecule has 0 spiro atoms. The molecule has 20 heavy (non-hydrogen) atoms. The Hall–Kier alpha value is -2.05. The van der Waals surface area contributed by atoms with E-state index in [1.165, 1.54) is 0 Å². The van der Waals surface area contributed by atoms with Crippen LogP contribution in [0.5, 0.6) is 0 Å². The summed E-state index contributed by atoms with van der Waals surface area (Å²) in [5.41, 5.74) is -0.393. The third-order valence-electron chi connectivity index (χ3n) is 2.86. The van der Waals surface area contributed by atoms with E-state index in [0.717, 1.165) is 12.3 Å². The van der Waals surface area contributed by atoms with Crippen LogP contribution in [0.3, 0.4) is 0 Å². The van der Waals surface area contributed by atoms with Gasteiger partial charge in [-0.1, -0.05) is 6.92 Å². The average molecular weight is 286 g/mol. The van der Waals surface area contributed by atoms with Gasteiger partial charge in [0, 0.05) is 19.2 Å². The van der Waals surface area contributed by atoms with Gasteiger partial charge in [-0.3, -0.25) is 9.59 Å². The normalized spacial score (nSPS) is 11.9. The van der Waals surface area contributed by atoms with Gasteiger partial charge in [-0.2, -0.15) is 4.39 Å². The molecule has 0 aliphatic heterocycles. The van der Waals surface area contributed by atoms with Crippen LogP contribution in [0.2, 0.25) is 0 Å². The summed E-state index contributed by atoms with van der Waals surface area (Å²) in [6, 6.07) is 1.10. The minimum atomic E-state index is -1.31. The highest BCUT2D eigenvalue weighted by atomic mass is 19.2. The number of aliphatic carboxylic acids is 1. The van der Waals surface area contributed by atoms with Crippen LogP contribution in [0.4, 0.5) is 8.78 Å². The highest BCUT2D eigenvalue weighted by Gasteiger charge is 2.15. The Bertz CT molecular complexity index is 495. The second kappa shape index (κ2) is 7.52. The van der Waals surface area contributed by atoms with E-state index in [0.29, 0.717) is 12.8 Å². The Morgan fingerprint density at radius 1 is 1.40 bits per heavy atom. The van der Waals surface area contributed by atoms with Crippen LogP contribution in [-0.2, 0) is 4.79 Å². The highest BCUT2D eigenvalue weighted by molar-refractivity contribution is 5.94. The molecule has 1 heterocycles. The fourth-order valence-electron chi connectivity index (χ4n) is 1.64. The third-order valence-corrected chi connectivity index (χ3v) is 2.86. The Morgan fingerprint density at radius 2 is 2.10 bits per heavy atom. The number of rotatable bonds is 7. The predicted octanol–water partition coefficient (Wildman–Crippen LogP) is 1.98. The highest BCUT2D eigenvalue weighted by Crippen LogP contribution is 2.11. The Kier molecular flexibility index (Phi) is 6.02. The van der Waals surface area contributed by atoms with Crippen molar-refractivity contribution in [2.45, 2.75) is 26.2 Å². The third kappa shape index (κ3) is 4.91. The molecule has 0 aromatic carbocycles. The van der Waals surface area contributed by atoms with E-state index in [1.54, 1.807) is 0 Å². The van der Waals surface area contributed by atoms with Crippen LogP contribution >= 0.6 is 0 Å². The molecule has 0 saturated carbocycles. The number of carboxylic acid groups (broad SMARTS) is 1. The molecular weight excluding hydrogens is 270 g/mol. The monoisotopic (exact) mass is 286 g/mol. The molecule has 110 valence electrons. The molecule has 1 unspecified atom stereocenters. The van der Waals surface area contributed by atoms with Gasteiger partial charge in [0.2, 0.25) is 5.95 Å². The molecule has 0 bridgehead atoms. The van der Waals surface area contributed by atoms with Gasteiger partial charge in [-0.05, 0) is 24.8 Å². The maximum absolute atomic E-state index is 13.3. The van der Waals surface area contributed by atoms with Crippen molar-refractivity contribution in [2.24, 2.45) is 5.92 Å². The van der Waals surface area contributed by atoms with E-state index in [-0.39, 0.29) is 18.9 Å². The minimum absolute atomic E-state index is 0.0688. The summed E-state index contributed by atoms with van der Waals surface area (Å²) in [7, 11) is 0. The molecule has 2 N–H and O–H groups in total. The molecule has 0 aliphatic rings. The van der Waals surface area contributed by atoms with E-state index in [2.05, 4.69) is 10.3 Å². The van der Waals surface area contributed by atoms with Crippen molar-refractivity contribution in [1.29, 1.82) is 0 Å². The number of carbonyl (C=O) groups is 2. The molecule has 1 atom stereocenters. The number of carboxylic acids is 1. The summed E-state index contributed by atoms with van der Waals surface area (Å²) < 4.78 is 26.1. The van der Waals surface area contributed by atoms with E-state index in [9.17, 15) is 18.4 Å². The molecule has 5 nitrogen and oxygen atoms in total. The van der Waals surface area contributed by atoms with E-state index >= 15 is 0 Å². The molecule has 0 radical (unpaired) electrons. The van der Waals surface area contributed by atoms with E-state index in [4.69, 9.17) is 5.11 Å². The Labute approximate surface area is 115 Å². The summed E-state index contributed by atoms with van der Waals surface area (Å²) in [4.78, 5) is 25.1. The zero-order chi connectivity index (χ0) is 15.1. The maximum atomic E-state index is 13.3. The molecule has 7 heteroatoms. The summed E-state index contributed by atoms with van der Waals surface area (Å²) in [6.45, 7) is 2.13. The van der Waals surface area contributed by atoms with Crippen LogP contribution in [0.15, 0.2) is 12.3 Å². The van der Waals surface area contributed by atoms with Gasteiger partial charge in [0.25, 0.3) is 5.91 Å². The van der Waals surface area contributed by atoms with E-state index in [1.807, 2.05) is 6.92 Å². The number of halogens is 2. The van der Waals surface area contributed by atoms with Gasteiger partial charge < -0.3 is 10.4 Å². The van der Waals surface area contributed by atoms with Crippen molar-refractivity contribution >= 4 is 11.9 Å². The van der Waals surface area contributed by atoms with Crippen molar-refractivity contribution in [3.63, 3.8) is 0 Å². The number of hydrogen-bond donors (Lipinski definition) is 2. The summed E-state index contributed by atoms with van der Waals surface area (Å²) in [6.07, 6.45) is 2.15. The SMILES string of the molecule is CC(CCNC(=O)c1ccnc(F)c1F)CCC(=O)O. The van der Waals surface area contributed by atoms with Crippen LogP contribution < -0.4 is 5.32 Å². The first-order valence-corrected chi connectivity index (χ1v) is 6.21. The number of pyridine rings is 1. The standard InChI is InChI=1S/C13H16F2N2O3/c1-8(2-3-10(18)19)4-6-17-13(20)9-5-7-16-12(15)11(9)14/h5,7-8H,2-4,6H2,1H3,(H,17,20)(H,18,19). The number of aromatic nitrogens is 1. The average Bonchev–Trinajstić information content (AvgIpc) is 2.39. The Morgan fingerprint density at radius 3 is 2.75 bits per heavy atom. The van der Waals surface area contributed by atoms with Crippen molar-refractivity contribution in [3.05, 3.63) is 29.6 Å². The zero-order valence-electron chi connectivity index (χ0n) is 11.0. The van der Waals surface area contributed by atoms with Gasteiger partial charge in [-0.15, -0.1) is 0 Å². The first kappa shape index (κ1) is 16.0. The van der Waals surface area contributed by atoms with Crippen molar-refractivity contribution in [3.8, 4) is 0 Å². The second-order valence-corrected chi connectivity index (χ2v) is 4.55.